The minimum atomic E-state index is -3.64. The molecule has 0 aliphatic rings. The first-order valence-electron chi connectivity index (χ1n) is 6.10. The number of anilines is 1. The molecule has 21 heavy (non-hydrogen) atoms. The monoisotopic (exact) mass is 326 g/mol. The first-order valence-corrected chi connectivity index (χ1v) is 7.96. The van der Waals surface area contributed by atoms with Crippen LogP contribution in [0.4, 0.5) is 5.69 Å². The molecule has 0 fully saturated rings. The second-order valence-corrected chi connectivity index (χ2v) is 6.56. The zero-order chi connectivity index (χ0) is 15.5. The molecule has 2 aromatic rings. The maximum Gasteiger partial charge on any atom is 0.241 e. The van der Waals surface area contributed by atoms with Crippen molar-refractivity contribution in [3.8, 4) is 5.75 Å². The number of nitrogens with one attached hydrogen (secondary N) is 1. The highest BCUT2D eigenvalue weighted by atomic mass is 35.5. The van der Waals surface area contributed by atoms with E-state index in [1.54, 1.807) is 24.3 Å². The Hall–Kier alpha value is -1.76. The molecular formula is C14H15ClN2O3S. The van der Waals surface area contributed by atoms with Gasteiger partial charge in [0.05, 0.1) is 17.7 Å². The van der Waals surface area contributed by atoms with Crippen molar-refractivity contribution in [3.05, 3.63) is 53.1 Å². The quantitative estimate of drug-likeness (QED) is 0.827. The molecule has 0 amide bonds. The highest BCUT2D eigenvalue weighted by molar-refractivity contribution is 7.89. The molecule has 2 rings (SSSR count). The Balaban J connectivity index is 2.16. The molecule has 2 aromatic carbocycles. The Kier molecular flexibility index (Phi) is 4.72. The number of nitrogens with two attached hydrogens (primary N) is 1. The average molecular weight is 327 g/mol. The van der Waals surface area contributed by atoms with Gasteiger partial charge in [-0.05, 0) is 29.8 Å². The smallest absolute Gasteiger partial charge is 0.241 e. The summed E-state index contributed by atoms with van der Waals surface area (Å²) in [6.45, 7) is 0.173. The molecule has 0 spiro atoms. The van der Waals surface area contributed by atoms with Crippen LogP contribution in [0.2, 0.25) is 5.02 Å². The molecule has 5 nitrogen and oxygen atoms in total. The maximum atomic E-state index is 12.2. The van der Waals surface area contributed by atoms with Gasteiger partial charge in [0.25, 0.3) is 0 Å². The number of hydrogen-bond acceptors (Lipinski definition) is 4. The maximum absolute atomic E-state index is 12.2. The van der Waals surface area contributed by atoms with Crippen molar-refractivity contribution in [1.82, 2.24) is 4.72 Å². The predicted octanol–water partition coefficient (Wildman–Crippen LogP) is 2.41. The Bertz CT molecular complexity index is 730. The van der Waals surface area contributed by atoms with Crippen LogP contribution in [0.25, 0.3) is 0 Å². The summed E-state index contributed by atoms with van der Waals surface area (Å²) in [5.74, 6) is 0.323. The van der Waals surface area contributed by atoms with Crippen LogP contribution in [-0.4, -0.2) is 15.5 Å². The van der Waals surface area contributed by atoms with Gasteiger partial charge in [-0.1, -0.05) is 23.7 Å². The van der Waals surface area contributed by atoms with Crippen molar-refractivity contribution in [1.29, 1.82) is 0 Å². The van der Waals surface area contributed by atoms with E-state index in [0.717, 1.165) is 5.56 Å². The lowest BCUT2D eigenvalue weighted by atomic mass is 10.2. The fourth-order valence-electron chi connectivity index (χ4n) is 1.72. The Morgan fingerprint density at radius 1 is 1.19 bits per heavy atom. The molecule has 112 valence electrons. The summed E-state index contributed by atoms with van der Waals surface area (Å²) < 4.78 is 32.0. The number of hydrogen-bond donors (Lipinski definition) is 2. The van der Waals surface area contributed by atoms with Crippen LogP contribution in [0.1, 0.15) is 5.56 Å². The Morgan fingerprint density at radius 2 is 1.86 bits per heavy atom. The number of ether oxygens (including phenoxy) is 1. The van der Waals surface area contributed by atoms with E-state index in [-0.39, 0.29) is 11.4 Å². The topological polar surface area (TPSA) is 81.4 Å². The lowest BCUT2D eigenvalue weighted by molar-refractivity contribution is 0.415. The fourth-order valence-corrected chi connectivity index (χ4v) is 2.88. The van der Waals surface area contributed by atoms with Crippen LogP contribution >= 0.6 is 11.6 Å². The SMILES string of the molecule is COc1cc(S(=O)(=O)NCc2ccc(Cl)cc2)ccc1N. The number of nitrogen functional groups attached to an aromatic ring is 1. The van der Waals surface area contributed by atoms with E-state index in [0.29, 0.717) is 16.5 Å². The van der Waals surface area contributed by atoms with Gasteiger partial charge >= 0.3 is 0 Å². The summed E-state index contributed by atoms with van der Waals surface area (Å²) in [7, 11) is -2.20. The lowest BCUT2D eigenvalue weighted by Crippen LogP contribution is -2.23. The van der Waals surface area contributed by atoms with Gasteiger partial charge in [0.15, 0.2) is 0 Å². The third-order valence-corrected chi connectivity index (χ3v) is 4.55. The minimum absolute atomic E-state index is 0.0995. The number of benzene rings is 2. The Labute approximate surface area is 128 Å². The van der Waals surface area contributed by atoms with Crippen molar-refractivity contribution in [2.75, 3.05) is 12.8 Å². The third kappa shape index (κ3) is 3.87. The van der Waals surface area contributed by atoms with Crippen molar-refractivity contribution in [2.45, 2.75) is 11.4 Å². The van der Waals surface area contributed by atoms with Gasteiger partial charge in [0, 0.05) is 17.6 Å². The van der Waals surface area contributed by atoms with E-state index >= 15 is 0 Å². The van der Waals surface area contributed by atoms with Crippen LogP contribution in [0.15, 0.2) is 47.4 Å². The number of halogens is 1. The van der Waals surface area contributed by atoms with E-state index in [9.17, 15) is 8.42 Å². The molecule has 0 aliphatic carbocycles. The highest BCUT2D eigenvalue weighted by Gasteiger charge is 2.15. The first-order chi connectivity index (χ1) is 9.92. The molecule has 0 saturated heterocycles. The van der Waals surface area contributed by atoms with Gasteiger partial charge < -0.3 is 10.5 Å². The molecule has 0 radical (unpaired) electrons. The summed E-state index contributed by atoms with van der Waals surface area (Å²) >= 11 is 5.78. The van der Waals surface area contributed by atoms with Crippen molar-refractivity contribution >= 4 is 27.3 Å². The molecule has 0 atom stereocenters. The van der Waals surface area contributed by atoms with E-state index in [2.05, 4.69) is 4.72 Å². The van der Waals surface area contributed by atoms with Crippen molar-refractivity contribution < 1.29 is 13.2 Å². The van der Waals surface area contributed by atoms with Gasteiger partial charge in [-0.15, -0.1) is 0 Å². The number of sulfonamides is 1. The molecule has 0 bridgehead atoms. The van der Waals surface area contributed by atoms with Gasteiger partial charge in [-0.3, -0.25) is 0 Å². The molecular weight excluding hydrogens is 312 g/mol. The van der Waals surface area contributed by atoms with E-state index in [1.165, 1.54) is 25.3 Å². The summed E-state index contributed by atoms with van der Waals surface area (Å²) in [6.07, 6.45) is 0. The molecule has 0 aromatic heterocycles. The zero-order valence-corrected chi connectivity index (χ0v) is 12.9. The van der Waals surface area contributed by atoms with Crippen LogP contribution in [0.3, 0.4) is 0 Å². The average Bonchev–Trinajstić information content (AvgIpc) is 2.47. The van der Waals surface area contributed by atoms with Gasteiger partial charge in [-0.2, -0.15) is 0 Å². The normalized spacial score (nSPS) is 11.3. The van der Waals surface area contributed by atoms with Gasteiger partial charge in [0.1, 0.15) is 5.75 Å². The Morgan fingerprint density at radius 3 is 2.48 bits per heavy atom. The molecule has 0 unspecified atom stereocenters. The summed E-state index contributed by atoms with van der Waals surface area (Å²) in [4.78, 5) is 0.0995. The fraction of sp³-hybridized carbons (Fsp3) is 0.143. The van der Waals surface area contributed by atoms with Crippen LogP contribution in [0, 0.1) is 0 Å². The third-order valence-electron chi connectivity index (χ3n) is 2.89. The standard InChI is InChI=1S/C14H15ClN2O3S/c1-20-14-8-12(6-7-13(14)16)21(18,19)17-9-10-2-4-11(15)5-3-10/h2-8,17H,9,16H2,1H3. The predicted molar refractivity (Wildman–Crippen MR) is 82.9 cm³/mol. The van der Waals surface area contributed by atoms with Gasteiger partial charge in [-0.25, -0.2) is 13.1 Å². The van der Waals surface area contributed by atoms with Gasteiger partial charge in [0.2, 0.25) is 10.0 Å². The van der Waals surface area contributed by atoms with Crippen LogP contribution < -0.4 is 15.2 Å². The minimum Gasteiger partial charge on any atom is -0.495 e. The summed E-state index contributed by atoms with van der Waals surface area (Å²) in [5.41, 5.74) is 6.86. The highest BCUT2D eigenvalue weighted by Crippen LogP contribution is 2.24. The second-order valence-electron chi connectivity index (χ2n) is 4.35. The van der Waals surface area contributed by atoms with E-state index < -0.39 is 10.0 Å². The number of rotatable bonds is 5. The molecule has 7 heteroatoms. The zero-order valence-electron chi connectivity index (χ0n) is 11.3. The molecule has 3 N–H and O–H groups in total. The lowest BCUT2D eigenvalue weighted by Gasteiger charge is -2.10. The summed E-state index contributed by atoms with van der Waals surface area (Å²) in [6, 6.07) is 11.2. The summed E-state index contributed by atoms with van der Waals surface area (Å²) in [5, 5.41) is 0.602. The van der Waals surface area contributed by atoms with Crippen molar-refractivity contribution in [3.63, 3.8) is 0 Å². The number of methoxy groups -OCH3 is 1. The van der Waals surface area contributed by atoms with E-state index in [4.69, 9.17) is 22.1 Å². The van der Waals surface area contributed by atoms with Crippen LogP contribution in [0.5, 0.6) is 5.75 Å². The van der Waals surface area contributed by atoms with E-state index in [1.807, 2.05) is 0 Å². The molecule has 0 aliphatic heterocycles. The van der Waals surface area contributed by atoms with Crippen molar-refractivity contribution in [2.24, 2.45) is 0 Å². The van der Waals surface area contributed by atoms with Crippen LogP contribution in [-0.2, 0) is 16.6 Å². The largest absolute Gasteiger partial charge is 0.495 e. The molecule has 0 heterocycles. The molecule has 0 saturated carbocycles. The first kappa shape index (κ1) is 15.6. The second kappa shape index (κ2) is 6.34.